The number of aliphatic hydroxyl groups is 1. The van der Waals surface area contributed by atoms with Crippen LogP contribution in [-0.2, 0) is 10.0 Å². The van der Waals surface area contributed by atoms with Crippen LogP contribution >= 0.6 is 0 Å². The first-order valence-electron chi connectivity index (χ1n) is 6.78. The molecule has 1 atom stereocenters. The van der Waals surface area contributed by atoms with E-state index in [1.165, 1.54) is 6.07 Å². The van der Waals surface area contributed by atoms with Gasteiger partial charge < -0.3 is 5.11 Å². The van der Waals surface area contributed by atoms with E-state index in [1.807, 2.05) is 6.07 Å². The molecule has 0 aliphatic rings. The van der Waals surface area contributed by atoms with Crippen molar-refractivity contribution >= 4 is 10.0 Å². The Hall–Kier alpha value is -2.27. The second-order valence-electron chi connectivity index (χ2n) is 4.98. The molecule has 0 aliphatic carbocycles. The smallest absolute Gasteiger partial charge is 0.243 e. The Kier molecular flexibility index (Phi) is 5.11. The highest BCUT2D eigenvalue weighted by Gasteiger charge is 2.21. The third-order valence-electron chi connectivity index (χ3n) is 3.36. The van der Waals surface area contributed by atoms with Crippen molar-refractivity contribution < 1.29 is 17.9 Å². The van der Waals surface area contributed by atoms with E-state index >= 15 is 0 Å². The third-order valence-corrected chi connectivity index (χ3v) is 4.82. The lowest BCUT2D eigenvalue weighted by molar-refractivity contribution is 0.181. The van der Waals surface area contributed by atoms with Crippen LogP contribution in [0.2, 0.25) is 0 Å². The summed E-state index contributed by atoms with van der Waals surface area (Å²) in [4.78, 5) is -0.562. The van der Waals surface area contributed by atoms with Gasteiger partial charge in [-0.2, -0.15) is 5.26 Å². The van der Waals surface area contributed by atoms with Gasteiger partial charge in [0, 0.05) is 6.54 Å². The summed E-state index contributed by atoms with van der Waals surface area (Å²) in [5, 5.41) is 18.8. The Balaban J connectivity index is 2.16. The second kappa shape index (κ2) is 6.87. The third kappa shape index (κ3) is 3.93. The molecule has 0 aliphatic heterocycles. The predicted octanol–water partition coefficient (Wildman–Crippen LogP) is 2.02. The van der Waals surface area contributed by atoms with E-state index < -0.39 is 26.8 Å². The SMILES string of the molecule is Cc1ccccc1C(O)CNS(=O)(=O)c1ccc(C#N)cc1F. The van der Waals surface area contributed by atoms with Crippen LogP contribution in [-0.4, -0.2) is 20.1 Å². The zero-order chi connectivity index (χ0) is 17.0. The molecule has 0 saturated carbocycles. The molecule has 1 unspecified atom stereocenters. The number of nitrogens with one attached hydrogen (secondary N) is 1. The van der Waals surface area contributed by atoms with Crippen LogP contribution in [0.3, 0.4) is 0 Å². The molecule has 0 fully saturated rings. The Morgan fingerprint density at radius 1 is 1.30 bits per heavy atom. The van der Waals surface area contributed by atoms with E-state index in [-0.39, 0.29) is 12.1 Å². The van der Waals surface area contributed by atoms with Gasteiger partial charge in [0.1, 0.15) is 10.7 Å². The highest BCUT2D eigenvalue weighted by Crippen LogP contribution is 2.19. The maximum Gasteiger partial charge on any atom is 0.243 e. The van der Waals surface area contributed by atoms with Crippen molar-refractivity contribution in [2.45, 2.75) is 17.9 Å². The monoisotopic (exact) mass is 334 g/mol. The van der Waals surface area contributed by atoms with Crippen LogP contribution < -0.4 is 4.72 Å². The van der Waals surface area contributed by atoms with Crippen molar-refractivity contribution in [2.75, 3.05) is 6.54 Å². The van der Waals surface area contributed by atoms with Gasteiger partial charge in [0.25, 0.3) is 0 Å². The first kappa shape index (κ1) is 17.1. The number of nitrogens with zero attached hydrogens (tertiary/aromatic N) is 1. The molecule has 0 aromatic heterocycles. The molecule has 5 nitrogen and oxygen atoms in total. The van der Waals surface area contributed by atoms with Crippen molar-refractivity contribution in [1.82, 2.24) is 4.72 Å². The summed E-state index contributed by atoms with van der Waals surface area (Å²) in [5.41, 5.74) is 1.45. The summed E-state index contributed by atoms with van der Waals surface area (Å²) in [6.45, 7) is 1.51. The molecule has 0 amide bonds. The summed E-state index contributed by atoms with van der Waals surface area (Å²) >= 11 is 0. The Morgan fingerprint density at radius 3 is 2.61 bits per heavy atom. The van der Waals surface area contributed by atoms with Crippen molar-refractivity contribution in [1.29, 1.82) is 5.26 Å². The summed E-state index contributed by atoms with van der Waals surface area (Å²) in [7, 11) is -4.13. The summed E-state index contributed by atoms with van der Waals surface area (Å²) < 4.78 is 40.2. The second-order valence-corrected chi connectivity index (χ2v) is 6.72. The molecular weight excluding hydrogens is 319 g/mol. The maximum atomic E-state index is 13.8. The number of benzene rings is 2. The number of halogens is 1. The molecule has 0 saturated heterocycles. The lowest BCUT2D eigenvalue weighted by atomic mass is 10.0. The fourth-order valence-corrected chi connectivity index (χ4v) is 3.22. The van der Waals surface area contributed by atoms with E-state index in [0.29, 0.717) is 5.56 Å². The van der Waals surface area contributed by atoms with Crippen LogP contribution in [0.1, 0.15) is 22.8 Å². The Labute approximate surface area is 134 Å². The molecule has 0 heterocycles. The van der Waals surface area contributed by atoms with E-state index in [2.05, 4.69) is 4.72 Å². The topological polar surface area (TPSA) is 90.2 Å². The molecule has 2 rings (SSSR count). The summed E-state index contributed by atoms with van der Waals surface area (Å²) in [6.07, 6.45) is -1.05. The fraction of sp³-hybridized carbons (Fsp3) is 0.188. The van der Waals surface area contributed by atoms with Gasteiger partial charge in [-0.25, -0.2) is 17.5 Å². The van der Waals surface area contributed by atoms with Gasteiger partial charge in [-0.1, -0.05) is 24.3 Å². The molecule has 2 N–H and O–H groups in total. The standard InChI is InChI=1S/C16H15FN2O3S/c1-11-4-2-3-5-13(11)15(20)10-19-23(21,22)16-7-6-12(9-18)8-14(16)17/h2-8,15,19-20H,10H2,1H3. The number of hydrogen-bond donors (Lipinski definition) is 2. The van der Waals surface area contributed by atoms with Gasteiger partial charge in [-0.3, -0.25) is 0 Å². The van der Waals surface area contributed by atoms with Crippen molar-refractivity contribution in [3.8, 4) is 6.07 Å². The normalized spacial score (nSPS) is 12.6. The average Bonchev–Trinajstić information content (AvgIpc) is 2.52. The van der Waals surface area contributed by atoms with Gasteiger partial charge in [0.15, 0.2) is 0 Å². The molecule has 0 spiro atoms. The minimum atomic E-state index is -4.13. The first-order chi connectivity index (χ1) is 10.8. The van der Waals surface area contributed by atoms with Crippen molar-refractivity contribution in [3.05, 3.63) is 65.0 Å². The minimum absolute atomic E-state index is 0.0291. The van der Waals surface area contributed by atoms with E-state index in [9.17, 15) is 17.9 Å². The van der Waals surface area contributed by atoms with E-state index in [1.54, 1.807) is 31.2 Å². The Morgan fingerprint density at radius 2 is 2.00 bits per heavy atom. The molecule has 0 bridgehead atoms. The quantitative estimate of drug-likeness (QED) is 0.875. The van der Waals surface area contributed by atoms with Crippen LogP contribution in [0.5, 0.6) is 0 Å². The number of hydrogen-bond acceptors (Lipinski definition) is 4. The maximum absolute atomic E-state index is 13.8. The van der Waals surface area contributed by atoms with Gasteiger partial charge in [0.2, 0.25) is 10.0 Å². The molecule has 7 heteroatoms. The number of aliphatic hydroxyl groups excluding tert-OH is 1. The highest BCUT2D eigenvalue weighted by atomic mass is 32.2. The van der Waals surface area contributed by atoms with Crippen LogP contribution in [0.15, 0.2) is 47.4 Å². The van der Waals surface area contributed by atoms with Crippen LogP contribution in [0, 0.1) is 24.1 Å². The number of rotatable bonds is 5. The van der Waals surface area contributed by atoms with Gasteiger partial charge in [0.05, 0.1) is 17.7 Å². The number of sulfonamides is 1. The average molecular weight is 334 g/mol. The molecule has 2 aromatic rings. The number of nitriles is 1. The summed E-state index contributed by atoms with van der Waals surface area (Å²) in [6, 6.07) is 11.9. The predicted molar refractivity (Wildman–Crippen MR) is 82.4 cm³/mol. The van der Waals surface area contributed by atoms with E-state index in [4.69, 9.17) is 5.26 Å². The Bertz CT molecular complexity index is 860. The largest absolute Gasteiger partial charge is 0.387 e. The summed E-state index contributed by atoms with van der Waals surface area (Å²) in [5.74, 6) is -1.01. The highest BCUT2D eigenvalue weighted by molar-refractivity contribution is 7.89. The zero-order valence-electron chi connectivity index (χ0n) is 12.3. The van der Waals surface area contributed by atoms with Crippen LogP contribution in [0.25, 0.3) is 0 Å². The molecule has 23 heavy (non-hydrogen) atoms. The van der Waals surface area contributed by atoms with Gasteiger partial charge in [-0.15, -0.1) is 0 Å². The van der Waals surface area contributed by atoms with Gasteiger partial charge in [-0.05, 0) is 36.2 Å². The van der Waals surface area contributed by atoms with Crippen molar-refractivity contribution in [2.24, 2.45) is 0 Å². The zero-order valence-corrected chi connectivity index (χ0v) is 13.1. The fourth-order valence-electron chi connectivity index (χ4n) is 2.13. The molecular formula is C16H15FN2O3S. The van der Waals surface area contributed by atoms with Gasteiger partial charge >= 0.3 is 0 Å². The lowest BCUT2D eigenvalue weighted by Gasteiger charge is -2.15. The molecule has 0 radical (unpaired) electrons. The molecule has 120 valence electrons. The number of aryl methyl sites for hydroxylation is 1. The minimum Gasteiger partial charge on any atom is -0.387 e. The van der Waals surface area contributed by atoms with Crippen molar-refractivity contribution in [3.63, 3.8) is 0 Å². The van der Waals surface area contributed by atoms with Crippen LogP contribution in [0.4, 0.5) is 4.39 Å². The first-order valence-corrected chi connectivity index (χ1v) is 8.26. The lowest BCUT2D eigenvalue weighted by Crippen LogP contribution is -2.29. The molecule has 2 aromatic carbocycles. The van der Waals surface area contributed by atoms with E-state index in [0.717, 1.165) is 17.7 Å².